The van der Waals surface area contributed by atoms with E-state index in [0.29, 0.717) is 5.96 Å². The monoisotopic (exact) mass is 339 g/mol. The average Bonchev–Trinajstić information content (AvgIpc) is 2.42. The Labute approximate surface area is 127 Å². The van der Waals surface area contributed by atoms with Crippen LogP contribution in [0.3, 0.4) is 0 Å². The number of hydrogen-bond acceptors (Lipinski definition) is 4. The normalized spacial score (nSPS) is 14.6. The third kappa shape index (κ3) is 4.01. The van der Waals surface area contributed by atoms with Gasteiger partial charge in [0.05, 0.1) is 0 Å². The molecule has 0 fully saturated rings. The molecule has 0 amide bonds. The van der Waals surface area contributed by atoms with Crippen molar-refractivity contribution in [2.45, 2.75) is 17.7 Å². The van der Waals surface area contributed by atoms with Crippen molar-refractivity contribution in [2.75, 3.05) is 19.3 Å². The first-order chi connectivity index (χ1) is 9.20. The third-order valence-electron chi connectivity index (χ3n) is 3.10. The van der Waals surface area contributed by atoms with E-state index in [1.165, 1.54) is 14.9 Å². The van der Waals surface area contributed by atoms with E-state index in [0.717, 1.165) is 25.9 Å². The van der Waals surface area contributed by atoms with E-state index in [1.54, 1.807) is 18.0 Å². The Morgan fingerprint density at radius 3 is 3.00 bits per heavy atom. The summed E-state index contributed by atoms with van der Waals surface area (Å²) in [5, 5.41) is 0. The zero-order valence-electron chi connectivity index (χ0n) is 11.0. The Bertz CT molecular complexity index is 499. The zero-order chi connectivity index (χ0) is 13.7. The van der Waals surface area contributed by atoms with Gasteiger partial charge >= 0.3 is 0 Å². The predicted molar refractivity (Wildman–Crippen MR) is 86.6 cm³/mol. The van der Waals surface area contributed by atoms with Gasteiger partial charge in [0, 0.05) is 28.7 Å². The number of halogens is 1. The quantitative estimate of drug-likeness (QED) is 0.837. The molecule has 5 heteroatoms. The number of rotatable bonds is 5. The smallest absolute Gasteiger partial charge is 0.196 e. The average molecular weight is 340 g/mol. The predicted octanol–water partition coefficient (Wildman–Crippen LogP) is 3.25. The van der Waals surface area contributed by atoms with Gasteiger partial charge in [-0.15, -0.1) is 11.8 Å². The highest BCUT2D eigenvalue weighted by atomic mass is 79.9. The summed E-state index contributed by atoms with van der Waals surface area (Å²) in [5.74, 6) is 0.624. The fourth-order valence-corrected chi connectivity index (χ4v) is 3.17. The van der Waals surface area contributed by atoms with Crippen molar-refractivity contribution in [1.82, 2.24) is 4.90 Å². The second-order valence-electron chi connectivity index (χ2n) is 4.38. The number of guanidine groups is 1. The van der Waals surface area contributed by atoms with Crippen molar-refractivity contribution >= 4 is 33.7 Å². The van der Waals surface area contributed by atoms with Crippen LogP contribution in [-0.2, 0) is 6.42 Å². The molecule has 0 saturated carbocycles. The maximum atomic E-state index is 5.84. The number of aliphatic imine (C=N–C) groups is 1. The lowest BCUT2D eigenvalue weighted by Gasteiger charge is -2.23. The first-order valence-corrected chi connectivity index (χ1v) is 8.28. The van der Waals surface area contributed by atoms with Gasteiger partial charge in [0.1, 0.15) is 0 Å². The van der Waals surface area contributed by atoms with Crippen LogP contribution in [0, 0.1) is 0 Å². The highest BCUT2D eigenvalue weighted by Gasteiger charge is 2.09. The molecule has 0 radical (unpaired) electrons. The lowest BCUT2D eigenvalue weighted by Crippen LogP contribution is -2.39. The third-order valence-corrected chi connectivity index (χ3v) is 4.56. The molecule has 0 aromatic heterocycles. The van der Waals surface area contributed by atoms with Crippen LogP contribution in [0.15, 0.2) is 44.8 Å². The molecule has 1 aromatic rings. The molecule has 1 aromatic carbocycles. The van der Waals surface area contributed by atoms with Gasteiger partial charge in [-0.1, -0.05) is 22.0 Å². The first kappa shape index (κ1) is 14.5. The summed E-state index contributed by atoms with van der Waals surface area (Å²) in [7, 11) is 0. The van der Waals surface area contributed by atoms with Crippen molar-refractivity contribution < 1.29 is 0 Å². The number of aryl methyl sites for hydroxylation is 1. The standard InChI is InChI=1S/C14H18BrN3S/c1-19-12-6-5-11(13(15)10-12)4-2-8-18-9-3-7-17-14(18)16/h3,5-7,10H,2,4,8-9H2,1H3,(H2,16,17). The molecule has 0 saturated heterocycles. The molecule has 1 aliphatic rings. The van der Waals surface area contributed by atoms with Crippen molar-refractivity contribution in [2.24, 2.45) is 10.7 Å². The topological polar surface area (TPSA) is 41.6 Å². The summed E-state index contributed by atoms with van der Waals surface area (Å²) < 4.78 is 1.19. The first-order valence-electron chi connectivity index (χ1n) is 6.26. The Kier molecular flexibility index (Phi) is 5.34. The molecule has 102 valence electrons. The van der Waals surface area contributed by atoms with Crippen LogP contribution in [0.5, 0.6) is 0 Å². The second kappa shape index (κ2) is 7.01. The fraction of sp³-hybridized carbons (Fsp3) is 0.357. The molecule has 19 heavy (non-hydrogen) atoms. The van der Waals surface area contributed by atoms with Gasteiger partial charge in [0.2, 0.25) is 0 Å². The van der Waals surface area contributed by atoms with E-state index >= 15 is 0 Å². The minimum absolute atomic E-state index is 0.624. The molecule has 0 bridgehead atoms. The fourth-order valence-electron chi connectivity index (χ4n) is 2.00. The summed E-state index contributed by atoms with van der Waals surface area (Å²) >= 11 is 5.40. The van der Waals surface area contributed by atoms with Gasteiger partial charge in [-0.2, -0.15) is 0 Å². The number of benzene rings is 1. The lowest BCUT2D eigenvalue weighted by atomic mass is 10.1. The number of thioether (sulfide) groups is 1. The van der Waals surface area contributed by atoms with Crippen molar-refractivity contribution in [3.63, 3.8) is 0 Å². The van der Waals surface area contributed by atoms with Crippen molar-refractivity contribution in [3.05, 3.63) is 40.5 Å². The number of nitrogens with zero attached hydrogens (tertiary/aromatic N) is 2. The van der Waals surface area contributed by atoms with E-state index in [1.807, 2.05) is 6.08 Å². The number of hydrogen-bond donors (Lipinski definition) is 1. The van der Waals surface area contributed by atoms with Gasteiger partial charge in [0.15, 0.2) is 5.96 Å². The minimum atomic E-state index is 0.624. The van der Waals surface area contributed by atoms with Crippen molar-refractivity contribution in [1.29, 1.82) is 0 Å². The van der Waals surface area contributed by atoms with Crippen molar-refractivity contribution in [3.8, 4) is 0 Å². The van der Waals surface area contributed by atoms with E-state index in [4.69, 9.17) is 5.73 Å². The highest BCUT2D eigenvalue weighted by molar-refractivity contribution is 9.10. The lowest BCUT2D eigenvalue weighted by molar-refractivity contribution is 0.439. The van der Waals surface area contributed by atoms with Crippen LogP contribution in [0.2, 0.25) is 0 Å². The molecule has 0 atom stereocenters. The second-order valence-corrected chi connectivity index (χ2v) is 6.11. The summed E-state index contributed by atoms with van der Waals surface area (Å²) in [6.07, 6.45) is 8.00. The van der Waals surface area contributed by atoms with Crippen LogP contribution < -0.4 is 5.73 Å². The maximum absolute atomic E-state index is 5.84. The van der Waals surface area contributed by atoms with Crippen LogP contribution in [0.25, 0.3) is 0 Å². The molecular formula is C14H18BrN3S. The molecule has 2 N–H and O–H groups in total. The summed E-state index contributed by atoms with van der Waals surface area (Å²) in [6, 6.07) is 6.55. The van der Waals surface area contributed by atoms with E-state index in [9.17, 15) is 0 Å². The minimum Gasteiger partial charge on any atom is -0.369 e. The Morgan fingerprint density at radius 1 is 1.47 bits per heavy atom. The van der Waals surface area contributed by atoms with Crippen LogP contribution in [-0.4, -0.2) is 30.2 Å². The van der Waals surface area contributed by atoms with Gasteiger partial charge < -0.3 is 10.6 Å². The highest BCUT2D eigenvalue weighted by Crippen LogP contribution is 2.24. The summed E-state index contributed by atoms with van der Waals surface area (Å²) in [4.78, 5) is 7.49. The van der Waals surface area contributed by atoms with Gasteiger partial charge in [0.25, 0.3) is 0 Å². The summed E-state index contributed by atoms with van der Waals surface area (Å²) in [6.45, 7) is 1.80. The Balaban J connectivity index is 1.86. The SMILES string of the molecule is CSc1ccc(CCCN2CC=CN=C2N)c(Br)c1. The maximum Gasteiger partial charge on any atom is 0.196 e. The number of nitrogens with two attached hydrogens (primary N) is 1. The van der Waals surface area contributed by atoms with E-state index in [2.05, 4.69) is 50.3 Å². The molecule has 1 heterocycles. The van der Waals surface area contributed by atoms with Gasteiger partial charge in [-0.25, -0.2) is 4.99 Å². The van der Waals surface area contributed by atoms with E-state index in [-0.39, 0.29) is 0 Å². The molecule has 0 spiro atoms. The summed E-state index contributed by atoms with van der Waals surface area (Å²) in [5.41, 5.74) is 7.19. The Morgan fingerprint density at radius 2 is 2.32 bits per heavy atom. The van der Waals surface area contributed by atoms with Crippen LogP contribution >= 0.6 is 27.7 Å². The van der Waals surface area contributed by atoms with Crippen LogP contribution in [0.4, 0.5) is 0 Å². The molecule has 0 aliphatic carbocycles. The van der Waals surface area contributed by atoms with Crippen LogP contribution in [0.1, 0.15) is 12.0 Å². The molecule has 2 rings (SSSR count). The zero-order valence-corrected chi connectivity index (χ0v) is 13.4. The molecular weight excluding hydrogens is 322 g/mol. The molecule has 0 unspecified atom stereocenters. The Hall–Kier alpha value is -0.940. The van der Waals surface area contributed by atoms with Gasteiger partial charge in [-0.05, 0) is 42.9 Å². The largest absolute Gasteiger partial charge is 0.369 e. The molecule has 3 nitrogen and oxygen atoms in total. The molecule has 1 aliphatic heterocycles. The van der Waals surface area contributed by atoms with Gasteiger partial charge in [-0.3, -0.25) is 0 Å². The van der Waals surface area contributed by atoms with E-state index < -0.39 is 0 Å².